The van der Waals surface area contributed by atoms with Crippen molar-refractivity contribution in [3.8, 4) is 0 Å². The molecule has 0 bridgehead atoms. The molecule has 130 valence electrons. The van der Waals surface area contributed by atoms with Gasteiger partial charge in [0.15, 0.2) is 0 Å². The number of likely N-dealkylation sites (N-methyl/N-ethyl adjacent to an activating group) is 2. The number of nitrogens with zero attached hydrogens (tertiary/aromatic N) is 5. The zero-order valence-electron chi connectivity index (χ0n) is 14.9. The van der Waals surface area contributed by atoms with Crippen LogP contribution in [0.15, 0.2) is 29.3 Å². The third-order valence-corrected chi connectivity index (χ3v) is 5.07. The first-order valence-electron chi connectivity index (χ1n) is 8.50. The first-order valence-corrected chi connectivity index (χ1v) is 8.50. The van der Waals surface area contributed by atoms with Gasteiger partial charge in [-0.2, -0.15) is 0 Å². The molecule has 1 fully saturated rings. The molecule has 0 N–H and O–H groups in total. The van der Waals surface area contributed by atoms with Crippen LogP contribution < -0.4 is 4.90 Å². The summed E-state index contributed by atoms with van der Waals surface area (Å²) in [6.45, 7) is 5.81. The lowest BCUT2D eigenvalue weighted by Gasteiger charge is -2.33. The van der Waals surface area contributed by atoms with Gasteiger partial charge in [-0.1, -0.05) is 24.0 Å². The second kappa shape index (κ2) is 5.40. The van der Waals surface area contributed by atoms with Crippen molar-refractivity contribution in [1.82, 2.24) is 9.80 Å². The number of hydrogen-bond donors (Lipinski definition) is 0. The van der Waals surface area contributed by atoms with Crippen molar-refractivity contribution in [2.45, 2.75) is 19.9 Å². The molecule has 4 rings (SSSR count). The van der Waals surface area contributed by atoms with Crippen molar-refractivity contribution < 1.29 is 14.2 Å². The highest BCUT2D eigenvalue weighted by Crippen LogP contribution is 2.27. The van der Waals surface area contributed by atoms with E-state index in [0.717, 1.165) is 24.7 Å². The number of aliphatic imine (C=N–C) groups is 1. The number of aryl methyl sites for hydroxylation is 1. The Bertz CT molecular complexity index is 844. The molecule has 0 saturated carbocycles. The molecule has 1 aromatic rings. The highest BCUT2D eigenvalue weighted by atomic mass is 16.2. The number of fused-ring (bicyclic) bond motifs is 2. The molecule has 7 heteroatoms. The molecule has 3 aliphatic rings. The summed E-state index contributed by atoms with van der Waals surface area (Å²) in [4.78, 5) is 34.5. The number of amides is 3. The molecule has 1 saturated heterocycles. The van der Waals surface area contributed by atoms with E-state index in [4.69, 9.17) is 4.99 Å². The summed E-state index contributed by atoms with van der Waals surface area (Å²) in [6.07, 6.45) is 0. The van der Waals surface area contributed by atoms with Crippen LogP contribution in [0.3, 0.4) is 0 Å². The monoisotopic (exact) mass is 340 g/mol. The second-order valence-electron chi connectivity index (χ2n) is 7.12. The lowest BCUT2D eigenvalue weighted by Crippen LogP contribution is -2.62. The highest BCUT2D eigenvalue weighted by Gasteiger charge is 2.54. The van der Waals surface area contributed by atoms with Gasteiger partial charge in [-0.05, 0) is 24.6 Å². The van der Waals surface area contributed by atoms with Crippen LogP contribution in [0.2, 0.25) is 0 Å². The summed E-state index contributed by atoms with van der Waals surface area (Å²) in [7, 11) is 3.21. The molecular weight excluding hydrogens is 318 g/mol. The Morgan fingerprint density at radius 2 is 1.96 bits per heavy atom. The van der Waals surface area contributed by atoms with Crippen molar-refractivity contribution in [3.63, 3.8) is 0 Å². The minimum atomic E-state index is -0.516. The molecule has 0 radical (unpaired) electrons. The molecule has 3 amide bonds. The molecule has 3 aliphatic heterocycles. The van der Waals surface area contributed by atoms with Gasteiger partial charge in [0.25, 0.3) is 5.91 Å². The fourth-order valence-corrected chi connectivity index (χ4v) is 3.79. The van der Waals surface area contributed by atoms with Gasteiger partial charge in [0, 0.05) is 20.0 Å². The third-order valence-electron chi connectivity index (χ3n) is 5.07. The maximum Gasteiger partial charge on any atom is 0.397 e. The Morgan fingerprint density at radius 1 is 1.20 bits per heavy atom. The van der Waals surface area contributed by atoms with E-state index in [9.17, 15) is 9.59 Å². The molecule has 7 nitrogen and oxygen atoms in total. The lowest BCUT2D eigenvalue weighted by molar-refractivity contribution is -0.545. The first kappa shape index (κ1) is 15.8. The number of benzene rings is 1. The minimum Gasteiger partial charge on any atom is -0.270 e. The average molecular weight is 340 g/mol. The summed E-state index contributed by atoms with van der Waals surface area (Å²) in [5.74, 6) is 1.44. The van der Waals surface area contributed by atoms with E-state index in [2.05, 4.69) is 36.9 Å². The van der Waals surface area contributed by atoms with Crippen molar-refractivity contribution >= 4 is 29.4 Å². The molecule has 2 atom stereocenters. The van der Waals surface area contributed by atoms with Crippen LogP contribution in [0.1, 0.15) is 12.5 Å². The highest BCUT2D eigenvalue weighted by molar-refractivity contribution is 6.23. The van der Waals surface area contributed by atoms with E-state index in [1.165, 1.54) is 22.4 Å². The fraction of sp³-hybridized carbons (Fsp3) is 0.444. The normalized spacial score (nSPS) is 26.1. The summed E-state index contributed by atoms with van der Waals surface area (Å²) >= 11 is 0. The molecular formula is C18H22N5O2+. The molecule has 2 unspecified atom stereocenters. The smallest absolute Gasteiger partial charge is 0.270 e. The Balaban J connectivity index is 1.83. The van der Waals surface area contributed by atoms with Gasteiger partial charge in [0.2, 0.25) is 11.9 Å². The molecule has 25 heavy (non-hydrogen) atoms. The number of amidine groups is 1. The van der Waals surface area contributed by atoms with Gasteiger partial charge in [0.1, 0.15) is 5.69 Å². The van der Waals surface area contributed by atoms with Crippen LogP contribution in [0.5, 0.6) is 0 Å². The first-order chi connectivity index (χ1) is 11.9. The van der Waals surface area contributed by atoms with Crippen LogP contribution in [0.4, 0.5) is 10.5 Å². The Morgan fingerprint density at radius 3 is 2.68 bits per heavy atom. The molecule has 3 heterocycles. The van der Waals surface area contributed by atoms with Crippen molar-refractivity contribution in [3.05, 3.63) is 29.8 Å². The summed E-state index contributed by atoms with van der Waals surface area (Å²) in [5.41, 5.74) is 2.23. The average Bonchev–Trinajstić information content (AvgIpc) is 2.96. The number of carbonyl (C=O) groups is 2. The Labute approximate surface area is 146 Å². The summed E-state index contributed by atoms with van der Waals surface area (Å²) in [6, 6.07) is 7.41. The van der Waals surface area contributed by atoms with Gasteiger partial charge < -0.3 is 0 Å². The van der Waals surface area contributed by atoms with E-state index in [1.807, 2.05) is 10.6 Å². The van der Waals surface area contributed by atoms with Crippen molar-refractivity contribution in [1.29, 1.82) is 0 Å². The zero-order valence-corrected chi connectivity index (χ0v) is 14.9. The number of rotatable bonds is 1. The Kier molecular flexibility index (Phi) is 3.42. The maximum absolute atomic E-state index is 12.7. The molecule has 0 aromatic heterocycles. The van der Waals surface area contributed by atoms with Crippen LogP contribution in [-0.2, 0) is 4.79 Å². The molecule has 0 aliphatic carbocycles. The van der Waals surface area contributed by atoms with E-state index in [1.54, 1.807) is 7.05 Å². The predicted octanol–water partition coefficient (Wildman–Crippen LogP) is 1.12. The van der Waals surface area contributed by atoms with Gasteiger partial charge >= 0.3 is 12.0 Å². The van der Waals surface area contributed by atoms with Crippen molar-refractivity contribution in [2.75, 3.05) is 32.1 Å². The molecule has 0 spiro atoms. The topological polar surface area (TPSA) is 59.2 Å². The SMILES string of the molecule is Cc1cccc(N2CC(C)C[N+]3=C2N=C2C3C(=O)N(C)C(=O)N2C)c1. The van der Waals surface area contributed by atoms with E-state index < -0.39 is 6.04 Å². The van der Waals surface area contributed by atoms with Crippen LogP contribution in [0.25, 0.3) is 0 Å². The zero-order chi connectivity index (χ0) is 17.9. The number of guanidine groups is 1. The van der Waals surface area contributed by atoms with Gasteiger partial charge in [-0.25, -0.2) is 14.3 Å². The standard InChI is InChI=1S/C18H22N5O2/c1-11-6-5-7-13(8-11)22-9-12(2)10-23-14-15(19-17(22)23)20(3)18(25)21(4)16(14)24/h5-8,12,14H,9-10H2,1-4H3/q+1. The Hall–Kier alpha value is -2.70. The second-order valence-corrected chi connectivity index (χ2v) is 7.12. The third kappa shape index (κ3) is 2.26. The predicted molar refractivity (Wildman–Crippen MR) is 95.0 cm³/mol. The number of imide groups is 1. The van der Waals surface area contributed by atoms with E-state index in [-0.39, 0.29) is 11.9 Å². The van der Waals surface area contributed by atoms with Gasteiger partial charge in [-0.3, -0.25) is 14.6 Å². The van der Waals surface area contributed by atoms with Crippen LogP contribution in [-0.4, -0.2) is 71.3 Å². The van der Waals surface area contributed by atoms with E-state index >= 15 is 0 Å². The number of carbonyl (C=O) groups excluding carboxylic acids is 2. The molecule has 1 aromatic carbocycles. The quantitative estimate of drug-likeness (QED) is 0.720. The summed E-state index contributed by atoms with van der Waals surface area (Å²) in [5, 5.41) is 0. The van der Waals surface area contributed by atoms with Gasteiger partial charge in [-0.15, -0.1) is 0 Å². The van der Waals surface area contributed by atoms with Crippen LogP contribution in [0, 0.1) is 12.8 Å². The van der Waals surface area contributed by atoms with Crippen LogP contribution >= 0.6 is 0 Å². The van der Waals surface area contributed by atoms with Gasteiger partial charge in [0.05, 0.1) is 13.1 Å². The summed E-state index contributed by atoms with van der Waals surface area (Å²) < 4.78 is 2.04. The lowest BCUT2D eigenvalue weighted by atomic mass is 10.1. The van der Waals surface area contributed by atoms with Crippen molar-refractivity contribution in [2.24, 2.45) is 10.9 Å². The minimum absolute atomic E-state index is 0.213. The maximum atomic E-state index is 12.7. The number of urea groups is 1. The van der Waals surface area contributed by atoms with E-state index in [0.29, 0.717) is 11.8 Å². The fourth-order valence-electron chi connectivity index (χ4n) is 3.79. The number of hydrogen-bond acceptors (Lipinski definition) is 4. The number of anilines is 1. The largest absolute Gasteiger partial charge is 0.397 e.